The van der Waals surface area contributed by atoms with Crippen LogP contribution in [0.5, 0.6) is 0 Å². The van der Waals surface area contributed by atoms with E-state index in [4.69, 9.17) is 27.9 Å². The van der Waals surface area contributed by atoms with Crippen LogP contribution >= 0.6 is 23.2 Å². The Kier molecular flexibility index (Phi) is 7.92. The van der Waals surface area contributed by atoms with Crippen molar-refractivity contribution in [2.75, 3.05) is 33.4 Å². The number of carbonyl (C=O) groups excluding carboxylic acids is 1. The summed E-state index contributed by atoms with van der Waals surface area (Å²) in [6.07, 6.45) is 2.64. The molecule has 0 unspecified atom stereocenters. The molecule has 0 radical (unpaired) electrons. The first-order valence-electron chi connectivity index (χ1n) is 10.7. The van der Waals surface area contributed by atoms with E-state index in [9.17, 15) is 13.2 Å². The van der Waals surface area contributed by atoms with E-state index < -0.39 is 15.7 Å². The number of nitrogens with zero attached hydrogens (tertiary/aromatic N) is 2. The zero-order chi connectivity index (χ0) is 22.8. The molecule has 2 aliphatic heterocycles. The monoisotopic (exact) mass is 491 g/mol. The van der Waals surface area contributed by atoms with Gasteiger partial charge >= 0.3 is 0 Å². The molecule has 1 N–H and O–H groups in total. The molecule has 0 aliphatic carbocycles. The van der Waals surface area contributed by atoms with Gasteiger partial charge < -0.3 is 9.64 Å². The third-order valence-electron chi connectivity index (χ3n) is 6.50. The largest absolute Gasteiger partial charge is 0.385 e. The fourth-order valence-electron chi connectivity index (χ4n) is 4.45. The van der Waals surface area contributed by atoms with Crippen LogP contribution in [0.15, 0.2) is 23.1 Å². The maximum atomic E-state index is 13.2. The molecule has 2 aliphatic rings. The predicted octanol–water partition coefficient (Wildman–Crippen LogP) is 3.36. The fraction of sp³-hybridized carbons (Fsp3) is 0.667. The van der Waals surface area contributed by atoms with Gasteiger partial charge in [0.15, 0.2) is 0 Å². The summed E-state index contributed by atoms with van der Waals surface area (Å²) < 4.78 is 33.0. The molecule has 2 fully saturated rings. The lowest BCUT2D eigenvalue weighted by molar-refractivity contribution is -0.134. The molecule has 1 aromatic rings. The van der Waals surface area contributed by atoms with E-state index in [1.807, 2.05) is 4.90 Å². The van der Waals surface area contributed by atoms with Crippen molar-refractivity contribution in [3.8, 4) is 0 Å². The van der Waals surface area contributed by atoms with Crippen LogP contribution in [0.4, 0.5) is 0 Å². The second kappa shape index (κ2) is 9.93. The van der Waals surface area contributed by atoms with E-state index >= 15 is 0 Å². The highest BCUT2D eigenvalue weighted by atomic mass is 35.5. The summed E-state index contributed by atoms with van der Waals surface area (Å²) in [5.74, 6) is 0.295. The van der Waals surface area contributed by atoms with Gasteiger partial charge in [0.05, 0.1) is 21.7 Å². The molecular formula is C21H31Cl2N3O4S. The molecule has 0 bridgehead atoms. The quantitative estimate of drug-likeness (QED) is 0.564. The van der Waals surface area contributed by atoms with Gasteiger partial charge in [-0.15, -0.1) is 0 Å². The van der Waals surface area contributed by atoms with Gasteiger partial charge in [0, 0.05) is 33.4 Å². The number of hydrogen-bond donors (Lipinski definition) is 1. The predicted molar refractivity (Wildman–Crippen MR) is 122 cm³/mol. The van der Waals surface area contributed by atoms with Gasteiger partial charge in [0.25, 0.3) is 0 Å². The van der Waals surface area contributed by atoms with Crippen LogP contribution in [0.25, 0.3) is 0 Å². The molecule has 1 aromatic carbocycles. The number of carbonyl (C=O) groups is 1. The standard InChI is InChI=1S/C21H31Cl2N3O4S/c1-4-15(2)19-20(27)26(11-6-14-30-3)21(24-19)9-12-25(13-10-21)31(28,29)17-8-5-7-16(22)18(17)23/h5,7-8,15,19,24H,4,6,9-14H2,1-3H3/t15-,19+/m0/s1. The molecule has 2 saturated heterocycles. The van der Waals surface area contributed by atoms with Crippen molar-refractivity contribution in [3.05, 3.63) is 28.2 Å². The Bertz CT molecular complexity index is 904. The Hall–Kier alpha value is -0.900. The van der Waals surface area contributed by atoms with Crippen molar-refractivity contribution >= 4 is 39.1 Å². The minimum Gasteiger partial charge on any atom is -0.385 e. The topological polar surface area (TPSA) is 79.0 Å². The number of sulfonamides is 1. The van der Waals surface area contributed by atoms with Gasteiger partial charge in [-0.2, -0.15) is 4.31 Å². The molecule has 31 heavy (non-hydrogen) atoms. The lowest BCUT2D eigenvalue weighted by Crippen LogP contribution is -2.59. The maximum absolute atomic E-state index is 13.2. The molecule has 3 rings (SSSR count). The van der Waals surface area contributed by atoms with E-state index in [2.05, 4.69) is 19.2 Å². The lowest BCUT2D eigenvalue weighted by atomic mass is 9.96. The Morgan fingerprint density at radius 2 is 1.97 bits per heavy atom. The molecule has 2 heterocycles. The molecule has 10 heteroatoms. The summed E-state index contributed by atoms with van der Waals surface area (Å²) in [4.78, 5) is 15.1. The van der Waals surface area contributed by atoms with E-state index in [0.717, 1.165) is 12.8 Å². The van der Waals surface area contributed by atoms with Crippen LogP contribution in [0, 0.1) is 5.92 Å². The SMILES string of the molecule is CC[C@H](C)[C@H]1NC2(CCN(S(=O)(=O)c3cccc(Cl)c3Cl)CC2)N(CCCOC)C1=O. The Balaban J connectivity index is 1.81. The number of ether oxygens (including phenoxy) is 1. The van der Waals surface area contributed by atoms with E-state index in [1.54, 1.807) is 19.2 Å². The lowest BCUT2D eigenvalue weighted by Gasteiger charge is -2.44. The van der Waals surface area contributed by atoms with Gasteiger partial charge in [0.2, 0.25) is 15.9 Å². The molecule has 1 amide bonds. The highest BCUT2D eigenvalue weighted by Gasteiger charge is 2.53. The molecule has 7 nitrogen and oxygen atoms in total. The third kappa shape index (κ3) is 4.75. The van der Waals surface area contributed by atoms with Gasteiger partial charge in [-0.3, -0.25) is 10.1 Å². The average molecular weight is 492 g/mol. The fourth-order valence-corrected chi connectivity index (χ4v) is 6.63. The Morgan fingerprint density at radius 3 is 2.58 bits per heavy atom. The van der Waals surface area contributed by atoms with E-state index in [0.29, 0.717) is 39.1 Å². The Morgan fingerprint density at radius 1 is 1.29 bits per heavy atom. The van der Waals surface area contributed by atoms with E-state index in [-0.39, 0.29) is 32.8 Å². The normalized spacial score (nSPS) is 22.9. The van der Waals surface area contributed by atoms with Gasteiger partial charge in [0.1, 0.15) is 4.90 Å². The summed E-state index contributed by atoms with van der Waals surface area (Å²) >= 11 is 12.2. The summed E-state index contributed by atoms with van der Waals surface area (Å²) in [6, 6.07) is 4.37. The second-order valence-corrected chi connectivity index (χ2v) is 11.0. The third-order valence-corrected chi connectivity index (χ3v) is 9.37. The van der Waals surface area contributed by atoms with Crippen LogP contribution in [-0.4, -0.2) is 68.6 Å². The zero-order valence-electron chi connectivity index (χ0n) is 18.2. The number of amides is 1. The zero-order valence-corrected chi connectivity index (χ0v) is 20.6. The van der Waals surface area contributed by atoms with Crippen molar-refractivity contribution in [3.63, 3.8) is 0 Å². The maximum Gasteiger partial charge on any atom is 0.244 e. The molecule has 0 saturated carbocycles. The highest BCUT2D eigenvalue weighted by Crippen LogP contribution is 2.38. The first-order chi connectivity index (χ1) is 14.7. The number of nitrogens with one attached hydrogen (secondary N) is 1. The van der Waals surface area contributed by atoms with Gasteiger partial charge in [-0.1, -0.05) is 49.5 Å². The summed E-state index contributed by atoms with van der Waals surface area (Å²) in [7, 11) is -2.14. The number of piperidine rings is 1. The Labute approximate surface area is 195 Å². The van der Waals surface area contributed by atoms with Crippen molar-refractivity contribution < 1.29 is 17.9 Å². The van der Waals surface area contributed by atoms with Gasteiger partial charge in [-0.25, -0.2) is 8.42 Å². The van der Waals surface area contributed by atoms with Crippen molar-refractivity contribution in [1.29, 1.82) is 0 Å². The number of benzene rings is 1. The second-order valence-electron chi connectivity index (χ2n) is 8.33. The molecule has 2 atom stereocenters. The van der Waals surface area contributed by atoms with Crippen LogP contribution in [0.2, 0.25) is 10.0 Å². The molecule has 0 aromatic heterocycles. The average Bonchev–Trinajstić information content (AvgIpc) is 3.01. The van der Waals surface area contributed by atoms with Crippen LogP contribution in [0.1, 0.15) is 39.5 Å². The summed E-state index contributed by atoms with van der Waals surface area (Å²) in [5, 5.41) is 3.83. The highest BCUT2D eigenvalue weighted by molar-refractivity contribution is 7.89. The van der Waals surface area contributed by atoms with E-state index in [1.165, 1.54) is 10.4 Å². The molecule has 174 valence electrons. The van der Waals surface area contributed by atoms with Gasteiger partial charge in [-0.05, 0) is 37.3 Å². The summed E-state index contributed by atoms with van der Waals surface area (Å²) in [5.41, 5.74) is -0.539. The minimum absolute atomic E-state index is 0.0162. The number of hydrogen-bond acceptors (Lipinski definition) is 5. The van der Waals surface area contributed by atoms with Crippen molar-refractivity contribution in [1.82, 2.24) is 14.5 Å². The van der Waals surface area contributed by atoms with Crippen molar-refractivity contribution in [2.45, 2.75) is 56.1 Å². The smallest absolute Gasteiger partial charge is 0.244 e. The minimum atomic E-state index is -3.78. The number of methoxy groups -OCH3 is 1. The van der Waals surface area contributed by atoms with Crippen LogP contribution in [-0.2, 0) is 19.6 Å². The first-order valence-corrected chi connectivity index (χ1v) is 12.9. The van der Waals surface area contributed by atoms with Crippen LogP contribution < -0.4 is 5.32 Å². The molecule has 1 spiro atoms. The summed E-state index contributed by atoms with van der Waals surface area (Å²) in [6.45, 7) is 5.88. The first kappa shape index (κ1) is 24.7. The van der Waals surface area contributed by atoms with Crippen LogP contribution in [0.3, 0.4) is 0 Å². The van der Waals surface area contributed by atoms with Crippen molar-refractivity contribution in [2.24, 2.45) is 5.92 Å². The number of rotatable bonds is 8. The molecular weight excluding hydrogens is 461 g/mol. The number of halogens is 2.